The zero-order valence-electron chi connectivity index (χ0n) is 12.4. The summed E-state index contributed by atoms with van der Waals surface area (Å²) >= 11 is 0. The van der Waals surface area contributed by atoms with E-state index in [0.717, 1.165) is 11.1 Å². The van der Waals surface area contributed by atoms with Crippen molar-refractivity contribution in [3.8, 4) is 0 Å². The topological polar surface area (TPSA) is 66.9 Å². The fourth-order valence-electron chi connectivity index (χ4n) is 2.94. The molecule has 2 N–H and O–H groups in total. The number of aromatic amines is 1. The predicted octanol–water partition coefficient (Wildman–Crippen LogP) is 2.54. The number of H-pyrrole nitrogens is 1. The van der Waals surface area contributed by atoms with E-state index in [0.29, 0.717) is 17.8 Å². The molecule has 0 bridgehead atoms. The fraction of sp³-hybridized carbons (Fsp3) is 0.375. The summed E-state index contributed by atoms with van der Waals surface area (Å²) in [5.74, 6) is 0.373. The van der Waals surface area contributed by atoms with Gasteiger partial charge in [0.25, 0.3) is 5.56 Å². The second-order valence-corrected chi connectivity index (χ2v) is 5.89. The maximum Gasteiger partial charge on any atom is 0.270 e. The quantitative estimate of drug-likeness (QED) is 0.890. The molecule has 2 aromatic rings. The van der Waals surface area contributed by atoms with Gasteiger partial charge in [-0.1, -0.05) is 29.8 Å². The van der Waals surface area contributed by atoms with E-state index in [1.54, 1.807) is 4.68 Å². The minimum absolute atomic E-state index is 0.0533. The molecule has 1 aliphatic rings. The third-order valence-corrected chi connectivity index (χ3v) is 3.92. The molecule has 1 atom stereocenters. The summed E-state index contributed by atoms with van der Waals surface area (Å²) in [5, 5.41) is 5.67. The molecule has 0 aliphatic carbocycles. The van der Waals surface area contributed by atoms with Gasteiger partial charge in [-0.05, 0) is 26.3 Å². The molecule has 0 saturated heterocycles. The zero-order valence-corrected chi connectivity index (χ0v) is 12.4. The normalized spacial score (nSPS) is 17.7. The number of amides is 1. The second-order valence-electron chi connectivity index (χ2n) is 5.89. The Hall–Kier alpha value is -2.30. The summed E-state index contributed by atoms with van der Waals surface area (Å²) in [4.78, 5) is 24.4. The van der Waals surface area contributed by atoms with Gasteiger partial charge >= 0.3 is 0 Å². The Bertz CT molecular complexity index is 755. The van der Waals surface area contributed by atoms with Crippen LogP contribution < -0.4 is 10.9 Å². The summed E-state index contributed by atoms with van der Waals surface area (Å²) < 4.78 is 1.73. The fourth-order valence-corrected chi connectivity index (χ4v) is 2.94. The van der Waals surface area contributed by atoms with Gasteiger partial charge in [0.2, 0.25) is 5.91 Å². The number of hydrogen-bond acceptors (Lipinski definition) is 2. The molecule has 1 aromatic heterocycles. The van der Waals surface area contributed by atoms with E-state index >= 15 is 0 Å². The van der Waals surface area contributed by atoms with Crippen LogP contribution in [0.1, 0.15) is 48.9 Å². The number of rotatable bonds is 2. The first kappa shape index (κ1) is 13.7. The third-order valence-electron chi connectivity index (χ3n) is 3.92. The number of nitrogens with zero attached hydrogens (tertiary/aromatic N) is 1. The van der Waals surface area contributed by atoms with Gasteiger partial charge in [-0.25, -0.2) is 0 Å². The van der Waals surface area contributed by atoms with Crippen LogP contribution in [0, 0.1) is 6.92 Å². The highest BCUT2D eigenvalue weighted by Gasteiger charge is 2.32. The second kappa shape index (κ2) is 4.91. The van der Waals surface area contributed by atoms with Crippen LogP contribution in [-0.4, -0.2) is 15.7 Å². The van der Waals surface area contributed by atoms with Gasteiger partial charge in [-0.3, -0.25) is 19.4 Å². The first-order valence-corrected chi connectivity index (χ1v) is 7.18. The molecule has 0 unspecified atom stereocenters. The Morgan fingerprint density at radius 3 is 2.71 bits per heavy atom. The van der Waals surface area contributed by atoms with Crippen molar-refractivity contribution < 1.29 is 4.79 Å². The van der Waals surface area contributed by atoms with E-state index in [4.69, 9.17) is 0 Å². The van der Waals surface area contributed by atoms with Gasteiger partial charge in [0.15, 0.2) is 0 Å². The molecule has 1 amide bonds. The molecule has 1 aromatic carbocycles. The average molecular weight is 285 g/mol. The van der Waals surface area contributed by atoms with Crippen LogP contribution in [0.3, 0.4) is 0 Å². The van der Waals surface area contributed by atoms with Crippen LogP contribution >= 0.6 is 0 Å². The Balaban J connectivity index is 2.18. The Morgan fingerprint density at radius 1 is 1.29 bits per heavy atom. The number of nitrogens with one attached hydrogen (secondary N) is 2. The number of benzene rings is 1. The zero-order chi connectivity index (χ0) is 15.1. The van der Waals surface area contributed by atoms with Gasteiger partial charge in [0, 0.05) is 18.4 Å². The van der Waals surface area contributed by atoms with Gasteiger partial charge < -0.3 is 5.32 Å². The summed E-state index contributed by atoms with van der Waals surface area (Å²) in [5.41, 5.74) is 2.68. The van der Waals surface area contributed by atoms with Crippen LogP contribution in [0.15, 0.2) is 29.1 Å². The number of fused-ring (bicyclic) bond motifs is 1. The highest BCUT2D eigenvalue weighted by molar-refractivity contribution is 5.94. The van der Waals surface area contributed by atoms with Crippen molar-refractivity contribution in [1.82, 2.24) is 9.78 Å². The highest BCUT2D eigenvalue weighted by Crippen LogP contribution is 2.35. The van der Waals surface area contributed by atoms with Crippen molar-refractivity contribution in [2.75, 3.05) is 5.32 Å². The van der Waals surface area contributed by atoms with Crippen LogP contribution in [0.2, 0.25) is 0 Å². The molecule has 21 heavy (non-hydrogen) atoms. The molecule has 0 fully saturated rings. The first-order chi connectivity index (χ1) is 9.97. The van der Waals surface area contributed by atoms with Gasteiger partial charge in [-0.2, -0.15) is 0 Å². The van der Waals surface area contributed by atoms with Crippen LogP contribution in [0.4, 0.5) is 5.82 Å². The molecule has 2 heterocycles. The van der Waals surface area contributed by atoms with Crippen molar-refractivity contribution in [3.05, 3.63) is 51.3 Å². The molecule has 5 heteroatoms. The molecular formula is C16H19N3O2. The smallest absolute Gasteiger partial charge is 0.270 e. The highest BCUT2D eigenvalue weighted by atomic mass is 16.2. The summed E-state index contributed by atoms with van der Waals surface area (Å²) in [6, 6.07) is 8.07. The number of aromatic nitrogens is 2. The molecule has 110 valence electrons. The van der Waals surface area contributed by atoms with E-state index in [1.807, 2.05) is 45.0 Å². The number of hydrogen-bond donors (Lipinski definition) is 2. The average Bonchev–Trinajstić information content (AvgIpc) is 2.75. The minimum atomic E-state index is -0.183. The Kier molecular flexibility index (Phi) is 3.20. The van der Waals surface area contributed by atoms with Gasteiger partial charge in [-0.15, -0.1) is 0 Å². The van der Waals surface area contributed by atoms with E-state index in [1.165, 1.54) is 0 Å². The first-order valence-electron chi connectivity index (χ1n) is 7.18. The van der Waals surface area contributed by atoms with Crippen LogP contribution in [0.5, 0.6) is 0 Å². The van der Waals surface area contributed by atoms with Crippen molar-refractivity contribution in [1.29, 1.82) is 0 Å². The third kappa shape index (κ3) is 2.28. The number of carbonyl (C=O) groups excluding carboxylic acids is 1. The standard InChI is InChI=1S/C16H19N3O2/c1-9(2)19-15-14(16(21)18-19)12(8-13(20)17-15)11-6-4-5-10(3)7-11/h4-7,9,12H,8H2,1-3H3,(H,17,20)(H,18,21)/t12-/m0/s1. The van der Waals surface area contributed by atoms with E-state index in [2.05, 4.69) is 10.4 Å². The SMILES string of the molecule is Cc1cccc([C@@H]2CC(=O)Nc3c2c(=O)[nH]n3C(C)C)c1. The van der Waals surface area contributed by atoms with Crippen molar-refractivity contribution in [3.63, 3.8) is 0 Å². The summed E-state index contributed by atoms with van der Waals surface area (Å²) in [7, 11) is 0. The lowest BCUT2D eigenvalue weighted by atomic mass is 9.86. The maximum atomic E-state index is 12.3. The van der Waals surface area contributed by atoms with Crippen molar-refractivity contribution >= 4 is 11.7 Å². The van der Waals surface area contributed by atoms with Gasteiger partial charge in [0.1, 0.15) is 5.82 Å². The van der Waals surface area contributed by atoms with Gasteiger partial charge in [0.05, 0.1) is 5.56 Å². The molecule has 3 rings (SSSR count). The van der Waals surface area contributed by atoms with Crippen molar-refractivity contribution in [2.45, 2.75) is 39.2 Å². The minimum Gasteiger partial charge on any atom is -0.311 e. The largest absolute Gasteiger partial charge is 0.311 e. The molecule has 0 radical (unpaired) electrons. The lowest BCUT2D eigenvalue weighted by molar-refractivity contribution is -0.116. The molecule has 5 nitrogen and oxygen atoms in total. The summed E-state index contributed by atoms with van der Waals surface area (Å²) in [6.45, 7) is 5.95. The molecule has 0 spiro atoms. The van der Waals surface area contributed by atoms with Crippen LogP contribution in [0.25, 0.3) is 0 Å². The van der Waals surface area contributed by atoms with Crippen LogP contribution in [-0.2, 0) is 4.79 Å². The monoisotopic (exact) mass is 285 g/mol. The lowest BCUT2D eigenvalue weighted by Crippen LogP contribution is -2.27. The van der Waals surface area contributed by atoms with Crippen molar-refractivity contribution in [2.24, 2.45) is 0 Å². The molecule has 1 aliphatic heterocycles. The maximum absolute atomic E-state index is 12.3. The number of carbonyl (C=O) groups is 1. The molecular weight excluding hydrogens is 266 g/mol. The number of aryl methyl sites for hydroxylation is 1. The summed E-state index contributed by atoms with van der Waals surface area (Å²) in [6.07, 6.45) is 0.307. The van der Waals surface area contributed by atoms with E-state index in [9.17, 15) is 9.59 Å². The van der Waals surface area contributed by atoms with E-state index in [-0.39, 0.29) is 23.4 Å². The molecule has 0 saturated carbocycles. The lowest BCUT2D eigenvalue weighted by Gasteiger charge is -2.24. The predicted molar refractivity (Wildman–Crippen MR) is 81.7 cm³/mol. The Labute approximate surface area is 123 Å². The Morgan fingerprint density at radius 2 is 2.05 bits per heavy atom. The van der Waals surface area contributed by atoms with E-state index < -0.39 is 0 Å². The number of anilines is 1.